The highest BCUT2D eigenvalue weighted by atomic mass is 35.5. The lowest BCUT2D eigenvalue weighted by atomic mass is 10.3. The molecule has 1 aromatic heterocycles. The summed E-state index contributed by atoms with van der Waals surface area (Å²) in [7, 11) is 0. The maximum absolute atomic E-state index is 12.2. The van der Waals surface area contributed by atoms with Gasteiger partial charge < -0.3 is 10.1 Å². The standard InChI is InChI=1S/C14H13Cl2F2NOS/c1-2-9-3-4-10(21-9)7-19-8-5-11(15)13(12(16)6-8)20-14(17)18/h3-6,14,19H,2,7H2,1H3. The van der Waals surface area contributed by atoms with E-state index in [4.69, 9.17) is 23.2 Å². The zero-order valence-corrected chi connectivity index (χ0v) is 13.5. The van der Waals surface area contributed by atoms with Crippen molar-refractivity contribution in [1.82, 2.24) is 0 Å². The molecule has 0 spiro atoms. The molecule has 1 heterocycles. The Bertz CT molecular complexity index is 596. The van der Waals surface area contributed by atoms with Crippen molar-refractivity contribution in [2.75, 3.05) is 5.32 Å². The van der Waals surface area contributed by atoms with E-state index in [1.54, 1.807) is 11.3 Å². The Hall–Kier alpha value is -1.04. The Balaban J connectivity index is 2.07. The van der Waals surface area contributed by atoms with Crippen molar-refractivity contribution in [1.29, 1.82) is 0 Å². The number of benzene rings is 1. The molecule has 0 unspecified atom stereocenters. The van der Waals surface area contributed by atoms with Gasteiger partial charge in [0.15, 0.2) is 5.75 Å². The third-order valence-corrected chi connectivity index (χ3v) is 4.53. The summed E-state index contributed by atoms with van der Waals surface area (Å²) in [5.74, 6) is -0.205. The molecule has 0 amide bonds. The van der Waals surface area contributed by atoms with E-state index in [9.17, 15) is 8.78 Å². The number of ether oxygens (including phenoxy) is 1. The third kappa shape index (κ3) is 4.46. The van der Waals surface area contributed by atoms with Gasteiger partial charge in [0.05, 0.1) is 10.0 Å². The molecule has 0 atom stereocenters. The first-order valence-electron chi connectivity index (χ1n) is 6.25. The van der Waals surface area contributed by atoms with Gasteiger partial charge in [0, 0.05) is 22.0 Å². The topological polar surface area (TPSA) is 21.3 Å². The molecule has 2 nitrogen and oxygen atoms in total. The fourth-order valence-corrected chi connectivity index (χ4v) is 3.23. The van der Waals surface area contributed by atoms with Crippen LogP contribution in [0, 0.1) is 0 Å². The number of rotatable bonds is 6. The molecule has 0 aliphatic heterocycles. The number of alkyl halides is 2. The second kappa shape index (κ2) is 7.29. The molecule has 114 valence electrons. The Labute approximate surface area is 135 Å². The van der Waals surface area contributed by atoms with Gasteiger partial charge in [-0.25, -0.2) is 0 Å². The van der Waals surface area contributed by atoms with Crippen LogP contribution in [0.2, 0.25) is 10.0 Å². The Morgan fingerprint density at radius 1 is 1.19 bits per heavy atom. The summed E-state index contributed by atoms with van der Waals surface area (Å²) >= 11 is 13.5. The van der Waals surface area contributed by atoms with Crippen LogP contribution in [0.5, 0.6) is 5.75 Å². The van der Waals surface area contributed by atoms with Crippen LogP contribution in [0.4, 0.5) is 14.5 Å². The van der Waals surface area contributed by atoms with E-state index < -0.39 is 6.61 Å². The minimum absolute atomic E-state index is 0.0470. The SMILES string of the molecule is CCc1ccc(CNc2cc(Cl)c(OC(F)F)c(Cl)c2)s1. The normalized spacial score (nSPS) is 11.0. The summed E-state index contributed by atoms with van der Waals surface area (Å²) in [5.41, 5.74) is 0.651. The van der Waals surface area contributed by atoms with Crippen LogP contribution in [-0.2, 0) is 13.0 Å². The van der Waals surface area contributed by atoms with Crippen molar-refractivity contribution in [2.24, 2.45) is 0 Å². The second-order valence-corrected chi connectivity index (χ2v) is 6.29. The lowest BCUT2D eigenvalue weighted by Gasteiger charge is -2.12. The number of aryl methyl sites for hydroxylation is 1. The zero-order chi connectivity index (χ0) is 15.4. The van der Waals surface area contributed by atoms with Gasteiger partial charge in [0.2, 0.25) is 0 Å². The average Bonchev–Trinajstić information content (AvgIpc) is 2.88. The van der Waals surface area contributed by atoms with Crippen LogP contribution in [0.15, 0.2) is 24.3 Å². The summed E-state index contributed by atoms with van der Waals surface area (Å²) in [6.07, 6.45) is 1.00. The summed E-state index contributed by atoms with van der Waals surface area (Å²) in [4.78, 5) is 2.48. The summed E-state index contributed by atoms with van der Waals surface area (Å²) in [5, 5.41) is 3.25. The van der Waals surface area contributed by atoms with E-state index >= 15 is 0 Å². The van der Waals surface area contributed by atoms with Crippen LogP contribution in [0.1, 0.15) is 16.7 Å². The smallest absolute Gasteiger partial charge is 0.387 e. The van der Waals surface area contributed by atoms with Crippen molar-refractivity contribution >= 4 is 40.2 Å². The van der Waals surface area contributed by atoms with E-state index in [0.717, 1.165) is 6.42 Å². The summed E-state index contributed by atoms with van der Waals surface area (Å²) < 4.78 is 28.8. The van der Waals surface area contributed by atoms with Crippen molar-refractivity contribution in [3.63, 3.8) is 0 Å². The predicted octanol–water partition coefficient (Wildman–Crippen LogP) is 5.83. The van der Waals surface area contributed by atoms with Crippen molar-refractivity contribution < 1.29 is 13.5 Å². The summed E-state index contributed by atoms with van der Waals surface area (Å²) in [6, 6.07) is 7.16. The van der Waals surface area contributed by atoms with Crippen LogP contribution in [0.3, 0.4) is 0 Å². The molecule has 21 heavy (non-hydrogen) atoms. The first kappa shape index (κ1) is 16.3. The molecule has 0 aliphatic carbocycles. The highest BCUT2D eigenvalue weighted by Crippen LogP contribution is 2.37. The first-order valence-corrected chi connectivity index (χ1v) is 7.82. The van der Waals surface area contributed by atoms with Gasteiger partial charge in [0.25, 0.3) is 0 Å². The molecule has 0 bridgehead atoms. The van der Waals surface area contributed by atoms with Gasteiger partial charge in [-0.3, -0.25) is 0 Å². The highest BCUT2D eigenvalue weighted by molar-refractivity contribution is 7.12. The molecule has 7 heteroatoms. The third-order valence-electron chi connectivity index (χ3n) is 2.74. The van der Waals surface area contributed by atoms with Crippen LogP contribution in [0.25, 0.3) is 0 Å². The Kier molecular flexibility index (Phi) is 5.67. The average molecular weight is 352 g/mol. The molecule has 0 radical (unpaired) electrons. The second-order valence-electron chi connectivity index (χ2n) is 4.22. The van der Waals surface area contributed by atoms with Crippen molar-refractivity contribution in [3.05, 3.63) is 44.1 Å². The van der Waals surface area contributed by atoms with E-state index in [0.29, 0.717) is 12.2 Å². The van der Waals surface area contributed by atoms with Crippen molar-refractivity contribution in [2.45, 2.75) is 26.5 Å². The lowest BCUT2D eigenvalue weighted by molar-refractivity contribution is -0.0497. The molecule has 0 fully saturated rings. The molecule has 2 aromatic rings. The molecular formula is C14H13Cl2F2NOS. The molecule has 0 saturated carbocycles. The minimum Gasteiger partial charge on any atom is -0.432 e. The molecular weight excluding hydrogens is 339 g/mol. The Morgan fingerprint density at radius 3 is 2.33 bits per heavy atom. The van der Waals surface area contributed by atoms with Gasteiger partial charge in [-0.15, -0.1) is 11.3 Å². The van der Waals surface area contributed by atoms with E-state index in [1.807, 2.05) is 6.07 Å². The van der Waals surface area contributed by atoms with Gasteiger partial charge in [-0.05, 0) is 30.7 Å². The van der Waals surface area contributed by atoms with Gasteiger partial charge in [-0.1, -0.05) is 30.1 Å². The molecule has 1 aromatic carbocycles. The lowest BCUT2D eigenvalue weighted by Crippen LogP contribution is -2.04. The fraction of sp³-hybridized carbons (Fsp3) is 0.286. The Morgan fingerprint density at radius 2 is 1.81 bits per heavy atom. The number of hydrogen-bond acceptors (Lipinski definition) is 3. The largest absolute Gasteiger partial charge is 0.432 e. The predicted molar refractivity (Wildman–Crippen MR) is 84.1 cm³/mol. The molecule has 0 saturated heterocycles. The maximum Gasteiger partial charge on any atom is 0.387 e. The molecule has 2 rings (SSSR count). The van der Waals surface area contributed by atoms with Gasteiger partial charge in [-0.2, -0.15) is 8.78 Å². The van der Waals surface area contributed by atoms with Crippen LogP contribution >= 0.6 is 34.5 Å². The van der Waals surface area contributed by atoms with Crippen molar-refractivity contribution in [3.8, 4) is 5.75 Å². The quantitative estimate of drug-likeness (QED) is 0.706. The highest BCUT2D eigenvalue weighted by Gasteiger charge is 2.14. The van der Waals surface area contributed by atoms with E-state index in [1.165, 1.54) is 21.9 Å². The number of hydrogen-bond donors (Lipinski definition) is 1. The van der Waals surface area contributed by atoms with Crippen LogP contribution < -0.4 is 10.1 Å². The fourth-order valence-electron chi connectivity index (χ4n) is 1.76. The zero-order valence-electron chi connectivity index (χ0n) is 11.1. The minimum atomic E-state index is -2.96. The number of nitrogens with one attached hydrogen (secondary N) is 1. The van der Waals surface area contributed by atoms with E-state index in [2.05, 4.69) is 23.0 Å². The molecule has 1 N–H and O–H groups in total. The number of halogens is 4. The summed E-state index contributed by atoms with van der Waals surface area (Å²) in [6.45, 7) is -0.242. The molecule has 0 aliphatic rings. The van der Waals surface area contributed by atoms with E-state index in [-0.39, 0.29) is 15.8 Å². The number of thiophene rings is 1. The first-order chi connectivity index (χ1) is 9.99. The van der Waals surface area contributed by atoms with Crippen LogP contribution in [-0.4, -0.2) is 6.61 Å². The number of anilines is 1. The van der Waals surface area contributed by atoms with Gasteiger partial charge in [0.1, 0.15) is 0 Å². The maximum atomic E-state index is 12.2. The van der Waals surface area contributed by atoms with Gasteiger partial charge >= 0.3 is 6.61 Å². The monoisotopic (exact) mass is 351 g/mol.